The summed E-state index contributed by atoms with van der Waals surface area (Å²) in [5.74, 6) is 5.89. The van der Waals surface area contributed by atoms with E-state index in [2.05, 4.69) is 27.2 Å². The fraction of sp³-hybridized carbons (Fsp3) is 0.233. The van der Waals surface area contributed by atoms with Crippen LogP contribution in [-0.2, 0) is 9.47 Å². The van der Waals surface area contributed by atoms with Crippen molar-refractivity contribution < 1.29 is 14.3 Å². The molecule has 0 saturated carbocycles. The molecule has 41 heavy (non-hydrogen) atoms. The summed E-state index contributed by atoms with van der Waals surface area (Å²) >= 11 is 0. The van der Waals surface area contributed by atoms with Gasteiger partial charge in [0.1, 0.15) is 11.4 Å². The Morgan fingerprint density at radius 3 is 2.56 bits per heavy atom. The number of nitrogen functional groups attached to an aromatic ring is 1. The van der Waals surface area contributed by atoms with Gasteiger partial charge < -0.3 is 20.5 Å². The molecule has 5 aromatic rings. The quantitative estimate of drug-likeness (QED) is 0.221. The average Bonchev–Trinajstić information content (AvgIpc) is 3.32. The predicted molar refractivity (Wildman–Crippen MR) is 155 cm³/mol. The van der Waals surface area contributed by atoms with Crippen LogP contribution in [0.25, 0.3) is 22.2 Å². The van der Waals surface area contributed by atoms with Crippen LogP contribution in [0, 0.1) is 11.8 Å². The molecule has 1 atom stereocenters. The number of hydrogen-bond acceptors (Lipinski definition) is 8. The molecule has 11 nitrogen and oxygen atoms in total. The second kappa shape index (κ2) is 12.0. The molecule has 3 aromatic heterocycles. The van der Waals surface area contributed by atoms with Gasteiger partial charge in [0.25, 0.3) is 11.5 Å². The molecule has 0 aliphatic heterocycles. The van der Waals surface area contributed by atoms with E-state index in [0.717, 1.165) is 0 Å². The van der Waals surface area contributed by atoms with Gasteiger partial charge in [-0.2, -0.15) is 0 Å². The van der Waals surface area contributed by atoms with Crippen LogP contribution in [0.15, 0.2) is 71.8 Å². The zero-order chi connectivity index (χ0) is 28.9. The Bertz CT molecular complexity index is 1830. The number of amides is 1. The standard InChI is InChI=1S/C30H29N7O4/c1-4-40-23(41-5-2)16-15-20-11-9-14-22-24(20)30(39)37(21-12-7-6-8-13-21)27(34-22)19(3)33-29(38)25-26(31)35-36-18-10-17-32-28(25)36/h6-14,17-19,23H,4-5H2,1-3H3,(H2,31,35)(H,33,38)/t19-/m0/s1. The second-order valence-corrected chi connectivity index (χ2v) is 9.00. The zero-order valence-electron chi connectivity index (χ0n) is 22.9. The SMILES string of the molecule is CCOC(C#Cc1cccc2nc([C@H](C)NC(=O)c3c(N)nn4cccnc34)n(-c3ccccc3)c(=O)c12)OCC. The number of ether oxygens (including phenoxy) is 2. The monoisotopic (exact) mass is 551 g/mol. The normalized spacial score (nSPS) is 11.9. The summed E-state index contributed by atoms with van der Waals surface area (Å²) in [6, 6.07) is 15.4. The van der Waals surface area contributed by atoms with E-state index in [1.54, 1.807) is 55.7 Å². The number of carbonyl (C=O) groups is 1. The van der Waals surface area contributed by atoms with E-state index >= 15 is 0 Å². The lowest BCUT2D eigenvalue weighted by Crippen LogP contribution is -2.33. The Morgan fingerprint density at radius 2 is 1.83 bits per heavy atom. The minimum atomic E-state index is -0.721. The van der Waals surface area contributed by atoms with Gasteiger partial charge in [-0.05, 0) is 57.0 Å². The van der Waals surface area contributed by atoms with E-state index in [9.17, 15) is 9.59 Å². The molecule has 0 bridgehead atoms. The minimum Gasteiger partial charge on any atom is -0.381 e. The van der Waals surface area contributed by atoms with Crippen LogP contribution in [0.5, 0.6) is 0 Å². The van der Waals surface area contributed by atoms with Crippen molar-refractivity contribution in [2.75, 3.05) is 18.9 Å². The average molecular weight is 552 g/mol. The summed E-state index contributed by atoms with van der Waals surface area (Å²) < 4.78 is 14.0. The molecule has 0 saturated heterocycles. The first kappa shape index (κ1) is 27.5. The predicted octanol–water partition coefficient (Wildman–Crippen LogP) is 3.25. The third-order valence-electron chi connectivity index (χ3n) is 6.28. The number of para-hydroxylation sites is 1. The van der Waals surface area contributed by atoms with Crippen molar-refractivity contribution in [3.05, 3.63) is 94.3 Å². The van der Waals surface area contributed by atoms with Gasteiger partial charge in [-0.1, -0.05) is 30.2 Å². The smallest absolute Gasteiger partial charge is 0.267 e. The van der Waals surface area contributed by atoms with Crippen molar-refractivity contribution in [2.24, 2.45) is 0 Å². The van der Waals surface area contributed by atoms with Gasteiger partial charge >= 0.3 is 0 Å². The molecule has 2 aromatic carbocycles. The lowest BCUT2D eigenvalue weighted by atomic mass is 10.1. The van der Waals surface area contributed by atoms with Crippen molar-refractivity contribution >= 4 is 28.3 Å². The van der Waals surface area contributed by atoms with E-state index in [-0.39, 0.29) is 16.9 Å². The third-order valence-corrected chi connectivity index (χ3v) is 6.28. The molecule has 3 N–H and O–H groups in total. The summed E-state index contributed by atoms with van der Waals surface area (Å²) in [5.41, 5.74) is 7.70. The first-order valence-corrected chi connectivity index (χ1v) is 13.2. The lowest BCUT2D eigenvalue weighted by molar-refractivity contribution is -0.0969. The highest BCUT2D eigenvalue weighted by atomic mass is 16.7. The highest BCUT2D eigenvalue weighted by molar-refractivity contribution is 6.04. The van der Waals surface area contributed by atoms with Crippen molar-refractivity contribution in [2.45, 2.75) is 33.1 Å². The van der Waals surface area contributed by atoms with E-state index < -0.39 is 18.2 Å². The summed E-state index contributed by atoms with van der Waals surface area (Å²) in [7, 11) is 0. The fourth-order valence-electron chi connectivity index (χ4n) is 4.49. The minimum absolute atomic E-state index is 0.0425. The van der Waals surface area contributed by atoms with Crippen molar-refractivity contribution in [3.63, 3.8) is 0 Å². The Kier molecular flexibility index (Phi) is 8.05. The fourth-order valence-corrected chi connectivity index (χ4v) is 4.49. The number of anilines is 1. The van der Waals surface area contributed by atoms with E-state index in [4.69, 9.17) is 20.2 Å². The highest BCUT2D eigenvalue weighted by Crippen LogP contribution is 2.22. The maximum Gasteiger partial charge on any atom is 0.267 e. The van der Waals surface area contributed by atoms with E-state index in [0.29, 0.717) is 46.8 Å². The van der Waals surface area contributed by atoms with Crippen LogP contribution < -0.4 is 16.6 Å². The maximum absolute atomic E-state index is 14.2. The van der Waals surface area contributed by atoms with Gasteiger partial charge in [-0.25, -0.2) is 14.5 Å². The van der Waals surface area contributed by atoms with Gasteiger partial charge in [-0.15, -0.1) is 5.10 Å². The molecular formula is C30H29N7O4. The number of hydrogen-bond donors (Lipinski definition) is 2. The number of nitrogens with one attached hydrogen (secondary N) is 1. The molecule has 208 valence electrons. The third kappa shape index (κ3) is 5.51. The van der Waals surface area contributed by atoms with Crippen molar-refractivity contribution in [3.8, 4) is 17.5 Å². The van der Waals surface area contributed by atoms with Gasteiger partial charge in [0.2, 0.25) is 6.29 Å². The second-order valence-electron chi connectivity index (χ2n) is 9.00. The molecule has 0 fully saturated rings. The molecule has 0 spiro atoms. The topological polar surface area (TPSA) is 139 Å². The number of nitrogens with zero attached hydrogens (tertiary/aromatic N) is 5. The van der Waals surface area contributed by atoms with Gasteiger partial charge in [0.15, 0.2) is 11.5 Å². The number of rotatable bonds is 8. The van der Waals surface area contributed by atoms with Crippen LogP contribution in [0.1, 0.15) is 48.6 Å². The van der Waals surface area contributed by atoms with Gasteiger partial charge in [-0.3, -0.25) is 14.2 Å². The molecule has 0 radical (unpaired) electrons. The van der Waals surface area contributed by atoms with Crippen molar-refractivity contribution in [1.82, 2.24) is 29.5 Å². The van der Waals surface area contributed by atoms with Crippen LogP contribution in [0.4, 0.5) is 5.82 Å². The first-order chi connectivity index (χ1) is 19.9. The van der Waals surface area contributed by atoms with Crippen LogP contribution in [0.3, 0.4) is 0 Å². The molecule has 0 aliphatic rings. The Morgan fingerprint density at radius 1 is 1.07 bits per heavy atom. The Hall–Kier alpha value is -5.05. The highest BCUT2D eigenvalue weighted by Gasteiger charge is 2.24. The summed E-state index contributed by atoms with van der Waals surface area (Å²) in [6.45, 7) is 6.33. The number of carbonyl (C=O) groups excluding carboxylic acids is 1. The largest absolute Gasteiger partial charge is 0.381 e. The number of aromatic nitrogens is 5. The van der Waals surface area contributed by atoms with Gasteiger partial charge in [0, 0.05) is 31.2 Å². The van der Waals surface area contributed by atoms with Gasteiger partial charge in [0.05, 0.1) is 22.6 Å². The molecule has 1 amide bonds. The van der Waals surface area contributed by atoms with Crippen LogP contribution in [0.2, 0.25) is 0 Å². The summed E-state index contributed by atoms with van der Waals surface area (Å²) in [4.78, 5) is 36.6. The first-order valence-electron chi connectivity index (χ1n) is 13.2. The van der Waals surface area contributed by atoms with E-state index in [1.165, 1.54) is 9.08 Å². The lowest BCUT2D eigenvalue weighted by Gasteiger charge is -2.20. The summed E-state index contributed by atoms with van der Waals surface area (Å²) in [6.07, 6.45) is 2.49. The van der Waals surface area contributed by atoms with E-state index in [1.807, 2.05) is 32.0 Å². The molecule has 3 heterocycles. The molecule has 11 heteroatoms. The summed E-state index contributed by atoms with van der Waals surface area (Å²) in [5, 5.41) is 7.43. The van der Waals surface area contributed by atoms with Crippen LogP contribution >= 0.6 is 0 Å². The molecular weight excluding hydrogens is 522 g/mol. The number of fused-ring (bicyclic) bond motifs is 2. The number of nitrogens with two attached hydrogens (primary N) is 1. The molecule has 5 rings (SSSR count). The van der Waals surface area contributed by atoms with Crippen LogP contribution in [-0.4, -0.2) is 49.6 Å². The Balaban J connectivity index is 1.62. The van der Waals surface area contributed by atoms with Crippen molar-refractivity contribution in [1.29, 1.82) is 0 Å². The molecule has 0 unspecified atom stereocenters. The Labute approximate surface area is 235 Å². The number of benzene rings is 2. The maximum atomic E-state index is 14.2. The molecule has 0 aliphatic carbocycles. The zero-order valence-corrected chi connectivity index (χ0v) is 22.9.